The van der Waals surface area contributed by atoms with Gasteiger partial charge in [-0.15, -0.1) is 0 Å². The van der Waals surface area contributed by atoms with Crippen molar-refractivity contribution in [2.75, 3.05) is 13.7 Å². The lowest BCUT2D eigenvalue weighted by Crippen LogP contribution is -2.07. The Bertz CT molecular complexity index is 614. The van der Waals surface area contributed by atoms with Crippen molar-refractivity contribution in [2.24, 2.45) is 0 Å². The van der Waals surface area contributed by atoms with Gasteiger partial charge < -0.3 is 14.6 Å². The Balaban J connectivity index is 1.81. The molecule has 0 saturated carbocycles. The number of unbranched alkanes of at least 4 members (excludes halogenated alkanes) is 17. The zero-order chi connectivity index (χ0) is 24.7. The fourth-order valence-corrected chi connectivity index (χ4v) is 4.39. The predicted octanol–water partition coefficient (Wildman–Crippen LogP) is 8.92. The Morgan fingerprint density at radius 3 is 1.68 bits per heavy atom. The van der Waals surface area contributed by atoms with Crippen LogP contribution in [0, 0.1) is 0 Å². The van der Waals surface area contributed by atoms with Crippen molar-refractivity contribution < 1.29 is 19.4 Å². The maximum Gasteiger partial charge on any atom is 0.306 e. The molecule has 34 heavy (non-hydrogen) atoms. The van der Waals surface area contributed by atoms with E-state index in [9.17, 15) is 9.90 Å². The van der Waals surface area contributed by atoms with E-state index in [-0.39, 0.29) is 11.7 Å². The van der Waals surface area contributed by atoms with Gasteiger partial charge in [0.05, 0.1) is 13.7 Å². The quantitative estimate of drug-likeness (QED) is 0.126. The van der Waals surface area contributed by atoms with Crippen LogP contribution in [0.1, 0.15) is 134 Å². The largest absolute Gasteiger partial charge is 0.504 e. The number of phenolic OH excluding ortho intramolecular Hbond substituents is 1. The monoisotopic (exact) mass is 476 g/mol. The average molecular weight is 477 g/mol. The number of aromatic hydroxyl groups is 1. The summed E-state index contributed by atoms with van der Waals surface area (Å²) in [6.07, 6.45) is 25.3. The van der Waals surface area contributed by atoms with Crippen LogP contribution < -0.4 is 4.74 Å². The molecule has 0 heterocycles. The number of hydrogen-bond donors (Lipinski definition) is 1. The summed E-state index contributed by atoms with van der Waals surface area (Å²) in [6.45, 7) is 2.81. The van der Waals surface area contributed by atoms with E-state index in [1.807, 2.05) is 6.07 Å². The standard InChI is InChI=1S/C30H52O4/c1-3-4-5-6-7-8-9-10-11-12-13-14-15-16-17-18-19-20-25-34-30(32)24-22-27-21-23-28(31)29(26-27)33-2/h21,23,26,31H,3-20,22,24-25H2,1-2H3. The molecule has 196 valence electrons. The van der Waals surface area contributed by atoms with Gasteiger partial charge in [0.1, 0.15) is 0 Å². The van der Waals surface area contributed by atoms with Crippen molar-refractivity contribution >= 4 is 5.97 Å². The molecule has 0 aliphatic rings. The molecule has 1 aromatic carbocycles. The van der Waals surface area contributed by atoms with Crippen LogP contribution in [-0.2, 0) is 16.0 Å². The number of methoxy groups -OCH3 is 1. The van der Waals surface area contributed by atoms with Crippen molar-refractivity contribution in [1.82, 2.24) is 0 Å². The van der Waals surface area contributed by atoms with Gasteiger partial charge in [-0.25, -0.2) is 0 Å². The first-order valence-electron chi connectivity index (χ1n) is 14.2. The van der Waals surface area contributed by atoms with Crippen LogP contribution >= 0.6 is 0 Å². The van der Waals surface area contributed by atoms with E-state index in [0.717, 1.165) is 18.4 Å². The molecule has 0 radical (unpaired) electrons. The van der Waals surface area contributed by atoms with Crippen LogP contribution in [0.5, 0.6) is 11.5 Å². The normalized spacial score (nSPS) is 11.0. The van der Waals surface area contributed by atoms with Crippen LogP contribution in [0.25, 0.3) is 0 Å². The number of hydrogen-bond acceptors (Lipinski definition) is 4. The molecule has 0 spiro atoms. The molecule has 1 aromatic rings. The summed E-state index contributed by atoms with van der Waals surface area (Å²) in [5.41, 5.74) is 0.958. The number of carbonyl (C=O) groups is 1. The van der Waals surface area contributed by atoms with E-state index in [1.54, 1.807) is 12.1 Å². The molecule has 0 bridgehead atoms. The molecule has 0 saturated heterocycles. The van der Waals surface area contributed by atoms with E-state index in [0.29, 0.717) is 25.2 Å². The zero-order valence-corrected chi connectivity index (χ0v) is 22.3. The minimum atomic E-state index is -0.154. The van der Waals surface area contributed by atoms with Gasteiger partial charge >= 0.3 is 5.97 Å². The number of rotatable bonds is 23. The lowest BCUT2D eigenvalue weighted by molar-refractivity contribution is -0.143. The predicted molar refractivity (Wildman–Crippen MR) is 143 cm³/mol. The number of benzene rings is 1. The topological polar surface area (TPSA) is 55.8 Å². The molecule has 4 nitrogen and oxygen atoms in total. The van der Waals surface area contributed by atoms with Gasteiger partial charge in [0.15, 0.2) is 11.5 Å². The van der Waals surface area contributed by atoms with Crippen LogP contribution in [0.3, 0.4) is 0 Å². The van der Waals surface area contributed by atoms with Crippen LogP contribution in [0.2, 0.25) is 0 Å². The Labute approximate surface area is 209 Å². The highest BCUT2D eigenvalue weighted by Gasteiger charge is 2.07. The van der Waals surface area contributed by atoms with Gasteiger partial charge in [-0.3, -0.25) is 4.79 Å². The fraction of sp³-hybridized carbons (Fsp3) is 0.767. The van der Waals surface area contributed by atoms with Crippen LogP contribution in [0.4, 0.5) is 0 Å². The second kappa shape index (κ2) is 21.8. The van der Waals surface area contributed by atoms with Crippen LogP contribution in [-0.4, -0.2) is 24.8 Å². The van der Waals surface area contributed by atoms with Crippen molar-refractivity contribution in [3.8, 4) is 11.5 Å². The highest BCUT2D eigenvalue weighted by Crippen LogP contribution is 2.26. The van der Waals surface area contributed by atoms with Gasteiger partial charge in [0, 0.05) is 6.42 Å². The average Bonchev–Trinajstić information content (AvgIpc) is 2.85. The van der Waals surface area contributed by atoms with E-state index in [4.69, 9.17) is 9.47 Å². The van der Waals surface area contributed by atoms with Gasteiger partial charge in [0.2, 0.25) is 0 Å². The lowest BCUT2D eigenvalue weighted by atomic mass is 10.0. The van der Waals surface area contributed by atoms with E-state index in [2.05, 4.69) is 6.92 Å². The Morgan fingerprint density at radius 1 is 0.735 bits per heavy atom. The number of esters is 1. The summed E-state index contributed by atoms with van der Waals surface area (Å²) in [7, 11) is 1.52. The minimum Gasteiger partial charge on any atom is -0.504 e. The molecule has 1 rings (SSSR count). The zero-order valence-electron chi connectivity index (χ0n) is 22.3. The Hall–Kier alpha value is -1.71. The molecule has 0 unspecified atom stereocenters. The van der Waals surface area contributed by atoms with Gasteiger partial charge in [0.25, 0.3) is 0 Å². The lowest BCUT2D eigenvalue weighted by Gasteiger charge is -2.07. The summed E-state index contributed by atoms with van der Waals surface area (Å²) in [4.78, 5) is 11.9. The minimum absolute atomic E-state index is 0.114. The maximum absolute atomic E-state index is 11.9. The molecular formula is C30H52O4. The third-order valence-electron chi connectivity index (χ3n) is 6.62. The number of aryl methyl sites for hydroxylation is 1. The van der Waals surface area contributed by atoms with Crippen molar-refractivity contribution in [2.45, 2.75) is 135 Å². The smallest absolute Gasteiger partial charge is 0.306 e. The number of carbonyl (C=O) groups excluding carboxylic acids is 1. The second-order valence-corrected chi connectivity index (χ2v) is 9.74. The molecule has 0 atom stereocenters. The third kappa shape index (κ3) is 16.8. The molecule has 0 amide bonds. The first-order valence-corrected chi connectivity index (χ1v) is 14.2. The Kier molecular flexibility index (Phi) is 19.4. The SMILES string of the molecule is CCCCCCCCCCCCCCCCCCCCOC(=O)CCc1ccc(O)c(OC)c1. The first-order chi connectivity index (χ1) is 16.7. The van der Waals surface area contributed by atoms with Gasteiger partial charge in [-0.1, -0.05) is 122 Å². The van der Waals surface area contributed by atoms with Crippen molar-refractivity contribution in [3.05, 3.63) is 23.8 Å². The number of ether oxygens (including phenoxy) is 2. The second-order valence-electron chi connectivity index (χ2n) is 9.74. The van der Waals surface area contributed by atoms with Crippen molar-refractivity contribution in [3.63, 3.8) is 0 Å². The van der Waals surface area contributed by atoms with E-state index >= 15 is 0 Å². The van der Waals surface area contributed by atoms with E-state index in [1.165, 1.54) is 110 Å². The van der Waals surface area contributed by atoms with Gasteiger partial charge in [-0.05, 0) is 30.5 Å². The fourth-order valence-electron chi connectivity index (χ4n) is 4.39. The highest BCUT2D eigenvalue weighted by atomic mass is 16.5. The third-order valence-corrected chi connectivity index (χ3v) is 6.62. The summed E-state index contributed by atoms with van der Waals surface area (Å²) in [5.74, 6) is 0.395. The molecule has 4 heteroatoms. The summed E-state index contributed by atoms with van der Waals surface area (Å²) < 4.78 is 10.5. The molecule has 0 aromatic heterocycles. The maximum atomic E-state index is 11.9. The molecule has 0 aliphatic heterocycles. The Morgan fingerprint density at radius 2 is 1.21 bits per heavy atom. The summed E-state index contributed by atoms with van der Waals surface area (Å²) >= 11 is 0. The summed E-state index contributed by atoms with van der Waals surface area (Å²) in [6, 6.07) is 5.17. The number of phenols is 1. The highest BCUT2D eigenvalue weighted by molar-refractivity contribution is 5.69. The van der Waals surface area contributed by atoms with Crippen LogP contribution in [0.15, 0.2) is 18.2 Å². The summed E-state index contributed by atoms with van der Waals surface area (Å²) in [5, 5.41) is 9.62. The molecular weight excluding hydrogens is 424 g/mol. The first kappa shape index (κ1) is 30.3. The van der Waals surface area contributed by atoms with Crippen molar-refractivity contribution in [1.29, 1.82) is 0 Å². The molecule has 0 fully saturated rings. The molecule has 1 N–H and O–H groups in total. The molecule has 0 aliphatic carbocycles. The van der Waals surface area contributed by atoms with E-state index < -0.39 is 0 Å². The van der Waals surface area contributed by atoms with Gasteiger partial charge in [-0.2, -0.15) is 0 Å².